The number of amides is 2. The Morgan fingerprint density at radius 1 is 1.53 bits per heavy atom. The maximum atomic E-state index is 11.8. The molecule has 0 spiro atoms. The number of methoxy groups -OCH3 is 1. The van der Waals surface area contributed by atoms with Gasteiger partial charge in [-0.3, -0.25) is 9.59 Å². The van der Waals surface area contributed by atoms with Crippen molar-refractivity contribution in [1.82, 2.24) is 10.2 Å². The van der Waals surface area contributed by atoms with Crippen molar-refractivity contribution in [3.05, 3.63) is 0 Å². The number of rotatable bonds is 7. The summed E-state index contributed by atoms with van der Waals surface area (Å²) in [4.78, 5) is 24.6. The predicted molar refractivity (Wildman–Crippen MR) is 63.3 cm³/mol. The number of nitrogens with one attached hydrogen (secondary N) is 1. The Morgan fingerprint density at radius 2 is 2.18 bits per heavy atom. The summed E-state index contributed by atoms with van der Waals surface area (Å²) < 4.78 is 4.85. The SMILES string of the molecule is COCCC(N)C(=O)N(C)CC(=O)NC1CC1. The Kier molecular flexibility index (Phi) is 5.37. The molecule has 0 aromatic rings. The summed E-state index contributed by atoms with van der Waals surface area (Å²) in [6, 6.07) is -0.290. The van der Waals surface area contributed by atoms with E-state index >= 15 is 0 Å². The van der Waals surface area contributed by atoms with Crippen LogP contribution in [0.1, 0.15) is 19.3 Å². The Morgan fingerprint density at radius 3 is 2.71 bits per heavy atom. The van der Waals surface area contributed by atoms with Crippen molar-refractivity contribution >= 4 is 11.8 Å². The van der Waals surface area contributed by atoms with Crippen LogP contribution in [0.2, 0.25) is 0 Å². The van der Waals surface area contributed by atoms with Crippen molar-refractivity contribution in [2.45, 2.75) is 31.3 Å². The van der Waals surface area contributed by atoms with Gasteiger partial charge in [0.2, 0.25) is 11.8 Å². The Balaban J connectivity index is 2.26. The summed E-state index contributed by atoms with van der Waals surface area (Å²) in [6.45, 7) is 0.505. The molecule has 1 atom stereocenters. The van der Waals surface area contributed by atoms with Gasteiger partial charge in [0, 0.05) is 26.8 Å². The van der Waals surface area contributed by atoms with Crippen LogP contribution in [0, 0.1) is 0 Å². The molecule has 0 heterocycles. The molecule has 0 aliphatic heterocycles. The molecule has 6 nitrogen and oxygen atoms in total. The molecule has 0 bridgehead atoms. The van der Waals surface area contributed by atoms with E-state index in [1.54, 1.807) is 14.2 Å². The normalized spacial score (nSPS) is 16.4. The second-order valence-corrected chi connectivity index (χ2v) is 4.42. The first-order valence-electron chi connectivity index (χ1n) is 5.83. The van der Waals surface area contributed by atoms with Gasteiger partial charge in [-0.15, -0.1) is 0 Å². The molecule has 1 rings (SSSR count). The lowest BCUT2D eigenvalue weighted by atomic mass is 10.2. The van der Waals surface area contributed by atoms with Gasteiger partial charge in [0.05, 0.1) is 12.6 Å². The van der Waals surface area contributed by atoms with E-state index in [9.17, 15) is 9.59 Å². The second-order valence-electron chi connectivity index (χ2n) is 4.42. The largest absolute Gasteiger partial charge is 0.385 e. The highest BCUT2D eigenvalue weighted by atomic mass is 16.5. The molecule has 1 saturated carbocycles. The van der Waals surface area contributed by atoms with Gasteiger partial charge >= 0.3 is 0 Å². The van der Waals surface area contributed by atoms with Crippen LogP contribution in [0.15, 0.2) is 0 Å². The molecule has 0 aromatic carbocycles. The second kappa shape index (κ2) is 6.56. The van der Waals surface area contributed by atoms with Crippen LogP contribution in [-0.4, -0.2) is 56.1 Å². The van der Waals surface area contributed by atoms with E-state index in [4.69, 9.17) is 10.5 Å². The number of carbonyl (C=O) groups excluding carboxylic acids is 2. The highest BCUT2D eigenvalue weighted by molar-refractivity contribution is 5.87. The third-order valence-electron chi connectivity index (χ3n) is 2.65. The zero-order chi connectivity index (χ0) is 12.8. The molecule has 0 aromatic heterocycles. The minimum atomic E-state index is -0.603. The fourth-order valence-corrected chi connectivity index (χ4v) is 1.45. The zero-order valence-electron chi connectivity index (χ0n) is 10.4. The van der Waals surface area contributed by atoms with Crippen molar-refractivity contribution in [3.8, 4) is 0 Å². The highest BCUT2D eigenvalue weighted by Gasteiger charge is 2.25. The fourth-order valence-electron chi connectivity index (χ4n) is 1.45. The van der Waals surface area contributed by atoms with Crippen molar-refractivity contribution in [2.24, 2.45) is 5.73 Å². The molecule has 98 valence electrons. The molecule has 1 aliphatic rings. The quantitative estimate of drug-likeness (QED) is 0.606. The molecule has 0 radical (unpaired) electrons. The van der Waals surface area contributed by atoms with E-state index in [0.29, 0.717) is 19.1 Å². The number of likely N-dealkylation sites (N-methyl/N-ethyl adjacent to an activating group) is 1. The number of nitrogens with two attached hydrogens (primary N) is 1. The summed E-state index contributed by atoms with van der Waals surface area (Å²) in [5.41, 5.74) is 5.69. The Labute approximate surface area is 101 Å². The van der Waals surface area contributed by atoms with Crippen molar-refractivity contribution in [2.75, 3.05) is 27.3 Å². The average Bonchev–Trinajstić information content (AvgIpc) is 3.08. The van der Waals surface area contributed by atoms with E-state index in [0.717, 1.165) is 12.8 Å². The lowest BCUT2D eigenvalue weighted by Crippen LogP contribution is -2.46. The lowest BCUT2D eigenvalue weighted by molar-refractivity contribution is -0.136. The fraction of sp³-hybridized carbons (Fsp3) is 0.818. The standard InChI is InChI=1S/C11H21N3O3/c1-14(7-10(15)13-8-3-4-8)11(16)9(12)5-6-17-2/h8-9H,3-7,12H2,1-2H3,(H,13,15). The molecule has 0 saturated heterocycles. The number of carbonyl (C=O) groups is 2. The number of hydrogen-bond donors (Lipinski definition) is 2. The zero-order valence-corrected chi connectivity index (χ0v) is 10.4. The van der Waals surface area contributed by atoms with Gasteiger partial charge in [0.1, 0.15) is 0 Å². The van der Waals surface area contributed by atoms with Gasteiger partial charge in [0.15, 0.2) is 0 Å². The van der Waals surface area contributed by atoms with E-state index in [1.165, 1.54) is 4.90 Å². The molecule has 3 N–H and O–H groups in total. The Bertz CT molecular complexity index is 279. The van der Waals surface area contributed by atoms with Crippen LogP contribution in [0.3, 0.4) is 0 Å². The topological polar surface area (TPSA) is 84.7 Å². The molecule has 1 fully saturated rings. The van der Waals surface area contributed by atoms with Crippen molar-refractivity contribution < 1.29 is 14.3 Å². The summed E-state index contributed by atoms with van der Waals surface area (Å²) in [5, 5.41) is 2.82. The third kappa shape index (κ3) is 5.14. The summed E-state index contributed by atoms with van der Waals surface area (Å²) >= 11 is 0. The molecular formula is C11H21N3O3. The van der Waals surface area contributed by atoms with E-state index in [1.807, 2.05) is 0 Å². The minimum absolute atomic E-state index is 0.0655. The van der Waals surface area contributed by atoms with Crippen molar-refractivity contribution in [3.63, 3.8) is 0 Å². The van der Waals surface area contributed by atoms with Crippen molar-refractivity contribution in [1.29, 1.82) is 0 Å². The third-order valence-corrected chi connectivity index (χ3v) is 2.65. The number of hydrogen-bond acceptors (Lipinski definition) is 4. The van der Waals surface area contributed by atoms with Crippen LogP contribution in [-0.2, 0) is 14.3 Å². The van der Waals surface area contributed by atoms with Gasteiger partial charge in [-0.1, -0.05) is 0 Å². The van der Waals surface area contributed by atoms with Gasteiger partial charge < -0.3 is 20.7 Å². The summed E-state index contributed by atoms with van der Waals surface area (Å²) in [6.07, 6.45) is 2.54. The van der Waals surface area contributed by atoms with Gasteiger partial charge in [0.25, 0.3) is 0 Å². The van der Waals surface area contributed by atoms with Gasteiger partial charge in [-0.25, -0.2) is 0 Å². The van der Waals surface area contributed by atoms with E-state index in [2.05, 4.69) is 5.32 Å². The maximum absolute atomic E-state index is 11.8. The average molecular weight is 243 g/mol. The summed E-state index contributed by atoms with van der Waals surface area (Å²) in [5.74, 6) is -0.352. The van der Waals surface area contributed by atoms with Gasteiger partial charge in [-0.05, 0) is 19.3 Å². The van der Waals surface area contributed by atoms with Crippen LogP contribution in [0.5, 0.6) is 0 Å². The molecular weight excluding hydrogens is 222 g/mol. The van der Waals surface area contributed by atoms with Gasteiger partial charge in [-0.2, -0.15) is 0 Å². The van der Waals surface area contributed by atoms with Crippen LogP contribution in [0.25, 0.3) is 0 Å². The smallest absolute Gasteiger partial charge is 0.239 e. The van der Waals surface area contributed by atoms with E-state index < -0.39 is 6.04 Å². The monoisotopic (exact) mass is 243 g/mol. The predicted octanol–water partition coefficient (Wildman–Crippen LogP) is -0.913. The molecule has 1 aliphatic carbocycles. The highest BCUT2D eigenvalue weighted by Crippen LogP contribution is 2.18. The molecule has 1 unspecified atom stereocenters. The number of nitrogens with zero attached hydrogens (tertiary/aromatic N) is 1. The first kappa shape index (κ1) is 13.9. The minimum Gasteiger partial charge on any atom is -0.385 e. The summed E-state index contributed by atoms with van der Waals surface area (Å²) in [7, 11) is 3.14. The van der Waals surface area contributed by atoms with Crippen LogP contribution >= 0.6 is 0 Å². The molecule has 6 heteroatoms. The first-order chi connectivity index (χ1) is 8.04. The van der Waals surface area contributed by atoms with Crippen LogP contribution < -0.4 is 11.1 Å². The molecule has 17 heavy (non-hydrogen) atoms. The maximum Gasteiger partial charge on any atom is 0.239 e. The van der Waals surface area contributed by atoms with Crippen LogP contribution in [0.4, 0.5) is 0 Å². The Hall–Kier alpha value is -1.14. The number of ether oxygens (including phenoxy) is 1. The first-order valence-corrected chi connectivity index (χ1v) is 5.83. The van der Waals surface area contributed by atoms with E-state index in [-0.39, 0.29) is 18.4 Å². The lowest BCUT2D eigenvalue weighted by Gasteiger charge is -2.20. The molecule has 2 amide bonds.